The van der Waals surface area contributed by atoms with Gasteiger partial charge < -0.3 is 5.32 Å². The number of carbonyl (C=O) groups is 1. The van der Waals surface area contributed by atoms with Crippen LogP contribution in [0.4, 0.5) is 0 Å². The van der Waals surface area contributed by atoms with Crippen LogP contribution in [0, 0.1) is 5.92 Å². The largest absolute Gasteiger partial charge is 0.352 e. The molecule has 1 aromatic heterocycles. The topological polar surface area (TPSA) is 57.8 Å². The van der Waals surface area contributed by atoms with Gasteiger partial charge in [0, 0.05) is 17.5 Å². The summed E-state index contributed by atoms with van der Waals surface area (Å²) in [5.41, 5.74) is 1.59. The third-order valence-corrected chi connectivity index (χ3v) is 4.51. The number of nitrogens with zero attached hydrogens (tertiary/aromatic N) is 1. The number of carbonyl (C=O) groups excluding carboxylic acids is 1. The van der Waals surface area contributed by atoms with Gasteiger partial charge in [-0.25, -0.2) is 0 Å². The monoisotopic (exact) mass is 261 g/mol. The average molecular weight is 261 g/mol. The summed E-state index contributed by atoms with van der Waals surface area (Å²) in [5, 5.41) is 10.9. The number of fused-ring (bicyclic) bond motifs is 1. The Bertz CT molecular complexity index is 560. The quantitative estimate of drug-likeness (QED) is 0.889. The van der Waals surface area contributed by atoms with Gasteiger partial charge in [-0.2, -0.15) is 16.9 Å². The highest BCUT2D eigenvalue weighted by atomic mass is 32.2. The number of H-pyrrole nitrogens is 1. The number of rotatable bonds is 3. The van der Waals surface area contributed by atoms with E-state index >= 15 is 0 Å². The maximum absolute atomic E-state index is 12.0. The molecule has 1 saturated heterocycles. The molecule has 1 amide bonds. The van der Waals surface area contributed by atoms with Crippen molar-refractivity contribution in [2.45, 2.75) is 6.42 Å². The van der Waals surface area contributed by atoms with Crippen LogP contribution >= 0.6 is 11.8 Å². The van der Waals surface area contributed by atoms with Gasteiger partial charge in [-0.3, -0.25) is 9.89 Å². The van der Waals surface area contributed by atoms with E-state index in [1.54, 1.807) is 6.20 Å². The fraction of sp³-hybridized carbons (Fsp3) is 0.385. The summed E-state index contributed by atoms with van der Waals surface area (Å²) in [6, 6.07) is 5.61. The molecule has 2 N–H and O–H groups in total. The lowest BCUT2D eigenvalue weighted by Gasteiger charge is -2.09. The van der Waals surface area contributed by atoms with Gasteiger partial charge >= 0.3 is 0 Å². The van der Waals surface area contributed by atoms with Crippen molar-refractivity contribution in [1.29, 1.82) is 0 Å². The number of thioether (sulfide) groups is 1. The molecule has 1 fully saturated rings. The Labute approximate surface area is 110 Å². The van der Waals surface area contributed by atoms with Gasteiger partial charge in [0.05, 0.1) is 11.7 Å². The highest BCUT2D eigenvalue weighted by Gasteiger charge is 2.16. The van der Waals surface area contributed by atoms with Crippen molar-refractivity contribution in [3.8, 4) is 0 Å². The summed E-state index contributed by atoms with van der Waals surface area (Å²) in [6.07, 6.45) is 2.97. The van der Waals surface area contributed by atoms with Crippen LogP contribution in [0.1, 0.15) is 16.8 Å². The Balaban J connectivity index is 1.67. The molecular formula is C13H15N3OS. The minimum Gasteiger partial charge on any atom is -0.352 e. The Kier molecular flexibility index (Phi) is 3.23. The SMILES string of the molecule is O=C(NCC1CCSC1)c1ccc2cn[nH]c2c1. The lowest BCUT2D eigenvalue weighted by atomic mass is 10.1. The smallest absolute Gasteiger partial charge is 0.251 e. The van der Waals surface area contributed by atoms with Crippen LogP contribution < -0.4 is 5.32 Å². The van der Waals surface area contributed by atoms with Crippen LogP contribution in [0.25, 0.3) is 10.9 Å². The zero-order valence-electron chi connectivity index (χ0n) is 9.98. The Morgan fingerprint density at radius 3 is 3.33 bits per heavy atom. The van der Waals surface area contributed by atoms with Gasteiger partial charge in [0.25, 0.3) is 5.91 Å². The Morgan fingerprint density at radius 1 is 1.56 bits per heavy atom. The van der Waals surface area contributed by atoms with Gasteiger partial charge in [-0.05, 0) is 36.0 Å². The summed E-state index contributed by atoms with van der Waals surface area (Å²) in [7, 11) is 0. The van der Waals surface area contributed by atoms with E-state index in [-0.39, 0.29) is 5.91 Å². The second-order valence-electron chi connectivity index (χ2n) is 4.61. The van der Waals surface area contributed by atoms with Crippen LogP contribution in [0.5, 0.6) is 0 Å². The van der Waals surface area contributed by atoms with Crippen LogP contribution in [0.3, 0.4) is 0 Å². The van der Waals surface area contributed by atoms with Gasteiger partial charge in [-0.15, -0.1) is 0 Å². The van der Waals surface area contributed by atoms with Gasteiger partial charge in [-0.1, -0.05) is 6.07 Å². The molecule has 18 heavy (non-hydrogen) atoms. The highest BCUT2D eigenvalue weighted by molar-refractivity contribution is 7.99. The zero-order valence-corrected chi connectivity index (χ0v) is 10.8. The lowest BCUT2D eigenvalue weighted by molar-refractivity contribution is 0.0948. The molecular weight excluding hydrogens is 246 g/mol. The van der Waals surface area contributed by atoms with E-state index in [4.69, 9.17) is 0 Å². The van der Waals surface area contributed by atoms with Crippen LogP contribution in [-0.4, -0.2) is 34.2 Å². The molecule has 0 saturated carbocycles. The highest BCUT2D eigenvalue weighted by Crippen LogP contribution is 2.22. The third kappa shape index (κ3) is 2.36. The number of benzene rings is 1. The molecule has 3 rings (SSSR count). The molecule has 0 spiro atoms. The predicted molar refractivity (Wildman–Crippen MR) is 73.9 cm³/mol. The molecule has 4 nitrogen and oxygen atoms in total. The molecule has 0 radical (unpaired) electrons. The lowest BCUT2D eigenvalue weighted by Crippen LogP contribution is -2.29. The zero-order chi connectivity index (χ0) is 12.4. The number of aromatic amines is 1. The summed E-state index contributed by atoms with van der Waals surface area (Å²) in [5.74, 6) is 3.03. The summed E-state index contributed by atoms with van der Waals surface area (Å²) in [6.45, 7) is 0.785. The normalized spacial score (nSPS) is 19.2. The van der Waals surface area contributed by atoms with Crippen molar-refractivity contribution in [1.82, 2.24) is 15.5 Å². The van der Waals surface area contributed by atoms with Crippen molar-refractivity contribution in [2.24, 2.45) is 5.92 Å². The van der Waals surface area contributed by atoms with E-state index in [0.717, 1.165) is 17.4 Å². The van der Waals surface area contributed by atoms with Crippen molar-refractivity contribution in [3.05, 3.63) is 30.0 Å². The van der Waals surface area contributed by atoms with E-state index in [1.165, 1.54) is 17.9 Å². The maximum Gasteiger partial charge on any atom is 0.251 e. The van der Waals surface area contributed by atoms with Crippen molar-refractivity contribution in [2.75, 3.05) is 18.1 Å². The number of nitrogens with one attached hydrogen (secondary N) is 2. The van der Waals surface area contributed by atoms with E-state index in [1.807, 2.05) is 30.0 Å². The number of amides is 1. The molecule has 1 aliphatic heterocycles. The summed E-state index contributed by atoms with van der Waals surface area (Å²) < 4.78 is 0. The first kappa shape index (κ1) is 11.6. The predicted octanol–water partition coefficient (Wildman–Crippen LogP) is 2.05. The van der Waals surface area contributed by atoms with E-state index in [9.17, 15) is 4.79 Å². The second-order valence-corrected chi connectivity index (χ2v) is 5.76. The van der Waals surface area contributed by atoms with Gasteiger partial charge in [0.1, 0.15) is 0 Å². The fourth-order valence-corrected chi connectivity index (χ4v) is 3.45. The minimum absolute atomic E-state index is 0.00315. The molecule has 0 aliphatic carbocycles. The van der Waals surface area contributed by atoms with E-state index in [2.05, 4.69) is 15.5 Å². The summed E-state index contributed by atoms with van der Waals surface area (Å²) >= 11 is 1.97. The molecule has 1 aromatic carbocycles. The second kappa shape index (κ2) is 5.02. The molecule has 2 aromatic rings. The Morgan fingerprint density at radius 2 is 2.50 bits per heavy atom. The third-order valence-electron chi connectivity index (χ3n) is 3.28. The van der Waals surface area contributed by atoms with E-state index in [0.29, 0.717) is 11.5 Å². The molecule has 94 valence electrons. The molecule has 0 bridgehead atoms. The molecule has 2 heterocycles. The minimum atomic E-state index is 0.00315. The Hall–Kier alpha value is -1.49. The molecule has 1 aliphatic rings. The van der Waals surface area contributed by atoms with Crippen molar-refractivity contribution < 1.29 is 4.79 Å². The van der Waals surface area contributed by atoms with Crippen molar-refractivity contribution in [3.63, 3.8) is 0 Å². The number of hydrogen-bond acceptors (Lipinski definition) is 3. The van der Waals surface area contributed by atoms with Gasteiger partial charge in [0.15, 0.2) is 0 Å². The van der Waals surface area contributed by atoms with Gasteiger partial charge in [0.2, 0.25) is 0 Å². The van der Waals surface area contributed by atoms with Crippen LogP contribution in [0.15, 0.2) is 24.4 Å². The first-order chi connectivity index (χ1) is 8.83. The molecule has 1 unspecified atom stereocenters. The van der Waals surface area contributed by atoms with Crippen molar-refractivity contribution >= 4 is 28.6 Å². The number of aromatic nitrogens is 2. The molecule has 1 atom stereocenters. The summed E-state index contributed by atoms with van der Waals surface area (Å²) in [4.78, 5) is 12.0. The maximum atomic E-state index is 12.0. The first-order valence-electron chi connectivity index (χ1n) is 6.12. The van der Waals surface area contributed by atoms with Crippen LogP contribution in [-0.2, 0) is 0 Å². The fourth-order valence-electron chi connectivity index (χ4n) is 2.16. The first-order valence-corrected chi connectivity index (χ1v) is 7.27. The molecule has 5 heteroatoms. The van der Waals surface area contributed by atoms with Crippen LogP contribution in [0.2, 0.25) is 0 Å². The average Bonchev–Trinajstić information content (AvgIpc) is 3.05. The standard InChI is InChI=1S/C13H15N3OS/c17-13(14-6-9-3-4-18-8-9)10-1-2-11-7-15-16-12(11)5-10/h1-2,5,7,9H,3-4,6,8H2,(H,14,17)(H,15,16). The van der Waals surface area contributed by atoms with E-state index < -0.39 is 0 Å². The number of hydrogen-bond donors (Lipinski definition) is 2.